The highest BCUT2D eigenvalue weighted by molar-refractivity contribution is 5.85. The van der Waals surface area contributed by atoms with Crippen LogP contribution in [0.2, 0.25) is 0 Å². The number of hydrogen-bond acceptors (Lipinski definition) is 4. The molecule has 0 aliphatic heterocycles. The fraction of sp³-hybridized carbons (Fsp3) is 0.824. The zero-order valence-corrected chi connectivity index (χ0v) is 16.1. The first-order valence-electron chi connectivity index (χ1n) is 8.89. The van der Waals surface area contributed by atoms with Crippen LogP contribution in [0.3, 0.4) is 0 Å². The van der Waals surface area contributed by atoms with Gasteiger partial charge in [-0.25, -0.2) is 9.79 Å². The highest BCUT2D eigenvalue weighted by atomic mass is 16.6. The van der Waals surface area contributed by atoms with Crippen LogP contribution in [-0.2, 0) is 9.53 Å². The molecule has 0 atom stereocenters. The number of carbonyl (C=O) groups excluding carboxylic acids is 2. The van der Waals surface area contributed by atoms with Crippen LogP contribution >= 0.6 is 0 Å². The van der Waals surface area contributed by atoms with E-state index in [1.165, 1.54) is 17.7 Å². The Morgan fingerprint density at radius 2 is 1.72 bits per heavy atom. The molecule has 3 N–H and O–H groups in total. The Balaban J connectivity index is 2.42. The third-order valence-electron chi connectivity index (χ3n) is 3.65. The SMILES string of the molecule is CN(C)C(=O)CN=C(NCCNC(=O)OC(C)(C)C)NC1CCCC1. The third-order valence-corrected chi connectivity index (χ3v) is 3.65. The van der Waals surface area contributed by atoms with Gasteiger partial charge in [0.25, 0.3) is 0 Å². The molecular formula is C17H33N5O3. The molecule has 0 bridgehead atoms. The Morgan fingerprint density at radius 1 is 1.12 bits per heavy atom. The normalized spacial score (nSPS) is 15.6. The van der Waals surface area contributed by atoms with Crippen LogP contribution in [0.1, 0.15) is 46.5 Å². The number of nitrogens with one attached hydrogen (secondary N) is 3. The molecule has 1 fully saturated rings. The summed E-state index contributed by atoms with van der Waals surface area (Å²) in [6.45, 7) is 6.46. The molecular weight excluding hydrogens is 322 g/mol. The zero-order valence-electron chi connectivity index (χ0n) is 16.1. The Labute approximate surface area is 150 Å². The zero-order chi connectivity index (χ0) is 18.9. The minimum absolute atomic E-state index is 0.0561. The standard InChI is InChI=1S/C17H33N5O3/c1-17(2,3)25-16(24)19-11-10-18-15(20-12-14(23)22(4)5)21-13-8-6-7-9-13/h13H,6-12H2,1-5H3,(H,19,24)(H2,18,20,21). The number of guanidine groups is 1. The van der Waals surface area contributed by atoms with Crippen molar-refractivity contribution in [3.05, 3.63) is 0 Å². The van der Waals surface area contributed by atoms with Gasteiger partial charge in [0.05, 0.1) is 0 Å². The molecule has 0 aromatic carbocycles. The molecule has 0 unspecified atom stereocenters. The molecule has 1 aliphatic carbocycles. The van der Waals surface area contributed by atoms with Crippen molar-refractivity contribution < 1.29 is 14.3 Å². The van der Waals surface area contributed by atoms with E-state index in [0.717, 1.165) is 12.8 Å². The predicted octanol–water partition coefficient (Wildman–Crippen LogP) is 1.08. The highest BCUT2D eigenvalue weighted by Crippen LogP contribution is 2.17. The largest absolute Gasteiger partial charge is 0.444 e. The van der Waals surface area contributed by atoms with E-state index in [-0.39, 0.29) is 12.5 Å². The lowest BCUT2D eigenvalue weighted by Gasteiger charge is -2.20. The maximum atomic E-state index is 11.7. The van der Waals surface area contributed by atoms with Gasteiger partial charge in [0.2, 0.25) is 5.91 Å². The van der Waals surface area contributed by atoms with E-state index in [2.05, 4.69) is 20.9 Å². The predicted molar refractivity (Wildman–Crippen MR) is 98.6 cm³/mol. The summed E-state index contributed by atoms with van der Waals surface area (Å²) < 4.78 is 5.18. The Kier molecular flexibility index (Phi) is 8.51. The van der Waals surface area contributed by atoms with Crippen molar-refractivity contribution in [3.8, 4) is 0 Å². The number of alkyl carbamates (subject to hydrolysis) is 1. The van der Waals surface area contributed by atoms with Crippen LogP contribution in [-0.4, -0.2) is 68.2 Å². The van der Waals surface area contributed by atoms with Gasteiger partial charge in [-0.2, -0.15) is 0 Å². The number of amides is 2. The van der Waals surface area contributed by atoms with Gasteiger partial charge >= 0.3 is 6.09 Å². The van der Waals surface area contributed by atoms with Crippen LogP contribution < -0.4 is 16.0 Å². The summed E-state index contributed by atoms with van der Waals surface area (Å²) in [5.74, 6) is 0.549. The molecule has 1 saturated carbocycles. The summed E-state index contributed by atoms with van der Waals surface area (Å²) in [6, 6.07) is 0.388. The maximum absolute atomic E-state index is 11.7. The van der Waals surface area contributed by atoms with Crippen molar-refractivity contribution in [2.75, 3.05) is 33.7 Å². The van der Waals surface area contributed by atoms with Gasteiger partial charge in [-0.1, -0.05) is 12.8 Å². The van der Waals surface area contributed by atoms with Crippen molar-refractivity contribution in [2.24, 2.45) is 4.99 Å². The number of carbonyl (C=O) groups is 2. The van der Waals surface area contributed by atoms with E-state index >= 15 is 0 Å². The van der Waals surface area contributed by atoms with Gasteiger partial charge in [0, 0.05) is 33.2 Å². The number of aliphatic imine (C=N–C) groups is 1. The second-order valence-corrected chi connectivity index (χ2v) is 7.43. The van der Waals surface area contributed by atoms with Crippen molar-refractivity contribution in [2.45, 2.75) is 58.1 Å². The molecule has 144 valence electrons. The average Bonchev–Trinajstić information content (AvgIpc) is 2.99. The molecule has 0 saturated heterocycles. The number of likely N-dealkylation sites (N-methyl/N-ethyl adjacent to an activating group) is 1. The minimum atomic E-state index is -0.513. The number of rotatable bonds is 6. The molecule has 0 radical (unpaired) electrons. The Morgan fingerprint density at radius 3 is 2.28 bits per heavy atom. The highest BCUT2D eigenvalue weighted by Gasteiger charge is 2.17. The van der Waals surface area contributed by atoms with Crippen LogP contribution in [0.25, 0.3) is 0 Å². The van der Waals surface area contributed by atoms with Gasteiger partial charge in [-0.05, 0) is 33.6 Å². The monoisotopic (exact) mass is 355 g/mol. The fourth-order valence-electron chi connectivity index (χ4n) is 2.36. The summed E-state index contributed by atoms with van der Waals surface area (Å²) in [6.07, 6.45) is 4.19. The molecule has 0 aromatic rings. The van der Waals surface area contributed by atoms with Crippen molar-refractivity contribution in [3.63, 3.8) is 0 Å². The lowest BCUT2D eigenvalue weighted by molar-refractivity contribution is -0.127. The average molecular weight is 355 g/mol. The summed E-state index contributed by atoms with van der Waals surface area (Å²) >= 11 is 0. The van der Waals surface area contributed by atoms with Gasteiger partial charge in [0.1, 0.15) is 12.1 Å². The lowest BCUT2D eigenvalue weighted by atomic mass is 10.2. The second kappa shape index (κ2) is 10.1. The van der Waals surface area contributed by atoms with Gasteiger partial charge < -0.3 is 25.6 Å². The van der Waals surface area contributed by atoms with Crippen molar-refractivity contribution in [1.82, 2.24) is 20.9 Å². The van der Waals surface area contributed by atoms with E-state index in [4.69, 9.17) is 4.74 Å². The van der Waals surface area contributed by atoms with E-state index < -0.39 is 11.7 Å². The molecule has 0 heterocycles. The van der Waals surface area contributed by atoms with Crippen LogP contribution in [0.4, 0.5) is 4.79 Å². The Bertz CT molecular complexity index is 465. The van der Waals surface area contributed by atoms with E-state index in [1.54, 1.807) is 14.1 Å². The first kappa shape index (κ1) is 21.1. The molecule has 8 nitrogen and oxygen atoms in total. The smallest absolute Gasteiger partial charge is 0.407 e. The topological polar surface area (TPSA) is 95.1 Å². The summed E-state index contributed by atoms with van der Waals surface area (Å²) in [5.41, 5.74) is -0.513. The quantitative estimate of drug-likeness (QED) is 0.376. The number of hydrogen-bond donors (Lipinski definition) is 3. The van der Waals surface area contributed by atoms with E-state index in [9.17, 15) is 9.59 Å². The van der Waals surface area contributed by atoms with E-state index in [1.807, 2.05) is 20.8 Å². The molecule has 2 amide bonds. The number of nitrogens with zero attached hydrogens (tertiary/aromatic N) is 2. The molecule has 25 heavy (non-hydrogen) atoms. The van der Waals surface area contributed by atoms with Crippen LogP contribution in [0.5, 0.6) is 0 Å². The van der Waals surface area contributed by atoms with Crippen LogP contribution in [0, 0.1) is 0 Å². The van der Waals surface area contributed by atoms with Crippen molar-refractivity contribution in [1.29, 1.82) is 0 Å². The molecule has 1 aliphatic rings. The number of ether oxygens (including phenoxy) is 1. The summed E-state index contributed by atoms with van der Waals surface area (Å²) in [7, 11) is 3.42. The Hall–Kier alpha value is -1.99. The van der Waals surface area contributed by atoms with Gasteiger partial charge in [-0.3, -0.25) is 4.79 Å². The maximum Gasteiger partial charge on any atom is 0.407 e. The summed E-state index contributed by atoms with van der Waals surface area (Å²) in [5, 5.41) is 9.21. The third kappa shape index (κ3) is 9.79. The molecule has 1 rings (SSSR count). The minimum Gasteiger partial charge on any atom is -0.444 e. The molecule has 0 spiro atoms. The first-order valence-corrected chi connectivity index (χ1v) is 8.89. The molecule has 0 aromatic heterocycles. The van der Waals surface area contributed by atoms with Gasteiger partial charge in [0.15, 0.2) is 5.96 Å². The lowest BCUT2D eigenvalue weighted by Crippen LogP contribution is -2.46. The fourth-order valence-corrected chi connectivity index (χ4v) is 2.36. The van der Waals surface area contributed by atoms with Crippen molar-refractivity contribution >= 4 is 18.0 Å². The summed E-state index contributed by atoms with van der Waals surface area (Å²) in [4.78, 5) is 29.2. The van der Waals surface area contributed by atoms with Crippen LogP contribution in [0.15, 0.2) is 4.99 Å². The first-order chi connectivity index (χ1) is 11.7. The van der Waals surface area contributed by atoms with Gasteiger partial charge in [-0.15, -0.1) is 0 Å². The van der Waals surface area contributed by atoms with E-state index in [0.29, 0.717) is 25.1 Å². The second-order valence-electron chi connectivity index (χ2n) is 7.43. The molecule has 8 heteroatoms.